The Bertz CT molecular complexity index is 1980. The van der Waals surface area contributed by atoms with Crippen molar-refractivity contribution in [2.75, 3.05) is 37.7 Å². The molecule has 3 aliphatic heterocycles. The number of aliphatic imine (C=N–C) groups is 1. The number of benzene rings is 1. The first kappa shape index (κ1) is 54.9. The maximum atomic E-state index is 14.4. The third-order valence-corrected chi connectivity index (χ3v) is 14.2. The molecule has 0 aromatic heterocycles. The Morgan fingerprint density at radius 3 is 2.19 bits per heavy atom. The van der Waals surface area contributed by atoms with Crippen LogP contribution in [0.2, 0.25) is 0 Å². The molecule has 3 heterocycles. The van der Waals surface area contributed by atoms with Crippen LogP contribution in [0.4, 0.5) is 0 Å². The highest BCUT2D eigenvalue weighted by molar-refractivity contribution is 8.76. The van der Waals surface area contributed by atoms with Crippen molar-refractivity contribution in [1.82, 2.24) is 41.7 Å². The molecule has 376 valence electrons. The quantitative estimate of drug-likeness (QED) is 0.0262. The van der Waals surface area contributed by atoms with Gasteiger partial charge in [0.15, 0.2) is 5.96 Å². The van der Waals surface area contributed by atoms with E-state index in [2.05, 4.69) is 36.9 Å². The number of hydrogen-bond acceptors (Lipinski definition) is 14. The van der Waals surface area contributed by atoms with Gasteiger partial charge >= 0.3 is 0 Å². The number of nitrogens with zero attached hydrogens (tertiary/aromatic N) is 3. The SMILES string of the molecule is CC(=O)N1CCC[C@H]1C(=O)N[C@H](C(=O)N[C@H]1CSSC[C@@H](C(=O)N[C@@H](CCCN=C(N)N)C(=O)N[C@@H](CCCCN)C(N)=O)NC(=O)[C@H](Cc2ccccc2)NC(=O)[C@@H]2CCCN2C1=O)[C@@H](C)O. The highest BCUT2D eigenvalue weighted by Crippen LogP contribution is 2.27. The molecule has 9 amide bonds. The molecule has 0 bridgehead atoms. The van der Waals surface area contributed by atoms with Crippen LogP contribution in [0, 0.1) is 0 Å². The fraction of sp³-hybridized carbons (Fsp3) is 0.628. The molecule has 3 fully saturated rings. The van der Waals surface area contributed by atoms with Gasteiger partial charge in [0.25, 0.3) is 0 Å². The molecule has 4 rings (SSSR count). The molecule has 3 saturated heterocycles. The van der Waals surface area contributed by atoms with Crippen LogP contribution in [0.5, 0.6) is 0 Å². The van der Waals surface area contributed by atoms with Crippen molar-refractivity contribution in [2.45, 2.75) is 132 Å². The number of rotatable bonds is 20. The Labute approximate surface area is 403 Å². The number of nitrogens with two attached hydrogens (primary N) is 4. The first-order valence-electron chi connectivity index (χ1n) is 22.8. The zero-order chi connectivity index (χ0) is 49.9. The smallest absolute Gasteiger partial charge is 0.246 e. The van der Waals surface area contributed by atoms with Crippen LogP contribution < -0.4 is 54.8 Å². The molecule has 0 radical (unpaired) electrons. The molecule has 0 unspecified atom stereocenters. The number of aliphatic hydroxyl groups is 1. The number of guanidine groups is 1. The topological polar surface area (TPSA) is 369 Å². The molecular formula is C43H67N13O10S2. The van der Waals surface area contributed by atoms with Crippen LogP contribution in [-0.2, 0) is 49.6 Å². The van der Waals surface area contributed by atoms with Crippen LogP contribution in [-0.4, -0.2) is 166 Å². The minimum Gasteiger partial charge on any atom is -0.391 e. The van der Waals surface area contributed by atoms with Gasteiger partial charge in [-0.1, -0.05) is 51.9 Å². The van der Waals surface area contributed by atoms with Gasteiger partial charge in [0.2, 0.25) is 53.2 Å². The molecule has 23 nitrogen and oxygen atoms in total. The second-order valence-electron chi connectivity index (χ2n) is 17.0. The van der Waals surface area contributed by atoms with E-state index in [1.165, 1.54) is 23.6 Å². The van der Waals surface area contributed by atoms with Gasteiger partial charge in [-0.05, 0) is 76.8 Å². The van der Waals surface area contributed by atoms with Crippen molar-refractivity contribution in [3.05, 3.63) is 35.9 Å². The van der Waals surface area contributed by atoms with Gasteiger partial charge in [-0.25, -0.2) is 0 Å². The largest absolute Gasteiger partial charge is 0.391 e. The van der Waals surface area contributed by atoms with Crippen molar-refractivity contribution < 1.29 is 48.3 Å². The molecule has 3 aliphatic rings. The van der Waals surface area contributed by atoms with Crippen LogP contribution in [0.15, 0.2) is 35.3 Å². The second kappa shape index (κ2) is 27.4. The highest BCUT2D eigenvalue weighted by Gasteiger charge is 2.42. The van der Waals surface area contributed by atoms with E-state index >= 15 is 0 Å². The summed E-state index contributed by atoms with van der Waals surface area (Å²) < 4.78 is 0. The maximum absolute atomic E-state index is 14.4. The molecule has 0 spiro atoms. The lowest BCUT2D eigenvalue weighted by atomic mass is 10.0. The van der Waals surface area contributed by atoms with E-state index in [1.807, 2.05) is 0 Å². The number of primary amides is 1. The lowest BCUT2D eigenvalue weighted by molar-refractivity contribution is -0.143. The number of likely N-dealkylation sites (tertiary alicyclic amines) is 1. The van der Waals surface area contributed by atoms with Gasteiger partial charge in [0.05, 0.1) is 6.10 Å². The minimum atomic E-state index is -1.52. The Balaban J connectivity index is 1.64. The van der Waals surface area contributed by atoms with Gasteiger partial charge in [-0.3, -0.25) is 48.1 Å². The van der Waals surface area contributed by atoms with Crippen molar-refractivity contribution in [3.63, 3.8) is 0 Å². The van der Waals surface area contributed by atoms with E-state index < -0.39 is 102 Å². The molecule has 1 aromatic carbocycles. The lowest BCUT2D eigenvalue weighted by Crippen LogP contribution is -2.62. The number of aliphatic hydroxyl groups excluding tert-OH is 1. The van der Waals surface area contributed by atoms with E-state index in [0.29, 0.717) is 50.8 Å². The van der Waals surface area contributed by atoms with Crippen molar-refractivity contribution in [3.8, 4) is 0 Å². The van der Waals surface area contributed by atoms with E-state index in [-0.39, 0.29) is 68.6 Å². The fourth-order valence-corrected chi connectivity index (χ4v) is 10.4. The molecule has 0 saturated carbocycles. The van der Waals surface area contributed by atoms with E-state index in [4.69, 9.17) is 22.9 Å². The predicted octanol–water partition coefficient (Wildman–Crippen LogP) is -3.42. The van der Waals surface area contributed by atoms with E-state index in [0.717, 1.165) is 21.6 Å². The molecule has 25 heteroatoms. The van der Waals surface area contributed by atoms with Gasteiger partial charge in [0.1, 0.15) is 48.3 Å². The first-order chi connectivity index (χ1) is 32.4. The fourth-order valence-electron chi connectivity index (χ4n) is 8.12. The Morgan fingerprint density at radius 2 is 1.53 bits per heavy atom. The summed E-state index contributed by atoms with van der Waals surface area (Å²) in [5.74, 6) is -6.62. The summed E-state index contributed by atoms with van der Waals surface area (Å²) >= 11 is 0. The molecule has 0 aliphatic carbocycles. The van der Waals surface area contributed by atoms with Gasteiger partial charge in [0, 0.05) is 44.5 Å². The van der Waals surface area contributed by atoms with E-state index in [9.17, 15) is 48.3 Å². The van der Waals surface area contributed by atoms with Crippen LogP contribution in [0.1, 0.15) is 77.2 Å². The normalized spacial score (nSPS) is 23.0. The summed E-state index contributed by atoms with van der Waals surface area (Å²) in [7, 11) is 2.14. The third kappa shape index (κ3) is 16.5. The Kier molecular flexibility index (Phi) is 22.1. The summed E-state index contributed by atoms with van der Waals surface area (Å²) in [5, 5.41) is 26.8. The molecular weight excluding hydrogens is 923 g/mol. The second-order valence-corrected chi connectivity index (χ2v) is 19.5. The standard InChI is InChI=1S/C43H67N13O10S2/c1-24(57)34(54-40(64)32-15-9-19-55(32)25(2)58)41(65)53-31-23-68-67-22-30(38(62)50-28(14-8-18-48-43(46)47)36(60)49-27(35(45)59)13-6-7-17-44)52-37(61)29(21-26-11-4-3-5-12-26)51-39(63)33-16-10-20-56(33)42(31)66/h3-5,11-12,24,27-34,57H,6-10,13-23,44H2,1-2H3,(H2,45,59)(H,49,60)(H,50,62)(H,51,63)(H,52,61)(H,53,65)(H,54,64)(H4,46,47,48)/t24-,27+,28+,29+,30+,31+,32+,33+,34+/m1/s1. The Morgan fingerprint density at radius 1 is 0.838 bits per heavy atom. The van der Waals surface area contributed by atoms with Crippen molar-refractivity contribution in [1.29, 1.82) is 0 Å². The summed E-state index contributed by atoms with van der Waals surface area (Å²) in [6.45, 7) is 3.61. The first-order valence-corrected chi connectivity index (χ1v) is 25.3. The monoisotopic (exact) mass is 989 g/mol. The van der Waals surface area contributed by atoms with Crippen molar-refractivity contribution >= 4 is 80.7 Å². The highest BCUT2D eigenvalue weighted by atomic mass is 33.1. The summed E-state index contributed by atoms with van der Waals surface area (Å²) in [6, 6.07) is -0.827. The summed E-state index contributed by atoms with van der Waals surface area (Å²) in [6.07, 6.45) is 1.66. The molecule has 1 aromatic rings. The number of fused-ring (bicyclic) bond motifs is 1. The number of carbonyl (C=O) groups excluding carboxylic acids is 9. The third-order valence-electron chi connectivity index (χ3n) is 11.8. The van der Waals surface area contributed by atoms with E-state index in [1.54, 1.807) is 30.3 Å². The number of unbranched alkanes of at least 4 members (excludes halogenated alkanes) is 1. The van der Waals surface area contributed by atoms with Gasteiger partial charge in [-0.15, -0.1) is 0 Å². The minimum absolute atomic E-state index is 0.0000347. The lowest BCUT2D eigenvalue weighted by Gasteiger charge is -2.32. The van der Waals surface area contributed by atoms with Crippen LogP contribution in [0.25, 0.3) is 0 Å². The summed E-state index contributed by atoms with van der Waals surface area (Å²) in [4.78, 5) is 129. The maximum Gasteiger partial charge on any atom is 0.246 e. The molecule has 68 heavy (non-hydrogen) atoms. The Hall–Kier alpha value is -5.66. The zero-order valence-electron chi connectivity index (χ0n) is 38.5. The van der Waals surface area contributed by atoms with Crippen LogP contribution in [0.3, 0.4) is 0 Å². The number of hydrogen-bond donors (Lipinski definition) is 11. The average Bonchev–Trinajstić information content (AvgIpc) is 4.00. The average molecular weight is 990 g/mol. The number of nitrogens with one attached hydrogen (secondary N) is 6. The van der Waals surface area contributed by atoms with Gasteiger partial charge < -0.3 is 69.7 Å². The molecule has 15 N–H and O–H groups in total. The zero-order valence-corrected chi connectivity index (χ0v) is 40.1. The number of carbonyl (C=O) groups is 9. The predicted molar refractivity (Wildman–Crippen MR) is 255 cm³/mol. The van der Waals surface area contributed by atoms with Crippen LogP contribution >= 0.6 is 21.6 Å². The molecule has 9 atom stereocenters. The summed E-state index contributed by atoms with van der Waals surface area (Å²) in [5.41, 5.74) is 22.9. The number of amides is 9. The van der Waals surface area contributed by atoms with Crippen molar-refractivity contribution in [2.24, 2.45) is 27.9 Å². The van der Waals surface area contributed by atoms with Gasteiger partial charge in [-0.2, -0.15) is 0 Å².